The van der Waals surface area contributed by atoms with Crippen LogP contribution in [0.15, 0.2) is 48.5 Å². The molecule has 2 aromatic carbocycles. The van der Waals surface area contributed by atoms with Crippen molar-refractivity contribution < 1.29 is 29.0 Å². The summed E-state index contributed by atoms with van der Waals surface area (Å²) in [5.41, 5.74) is 4.47. The highest BCUT2D eigenvalue weighted by molar-refractivity contribution is 5.90. The molecule has 2 saturated heterocycles. The first kappa shape index (κ1) is 21.5. The Bertz CT molecular complexity index is 1060. The summed E-state index contributed by atoms with van der Waals surface area (Å²) in [6.07, 6.45) is -0.110. The number of hydrogen-bond donors (Lipinski definition) is 2. The highest BCUT2D eigenvalue weighted by Gasteiger charge is 2.50. The van der Waals surface area contributed by atoms with Crippen LogP contribution in [0.2, 0.25) is 0 Å². The van der Waals surface area contributed by atoms with Crippen molar-refractivity contribution in [2.75, 3.05) is 13.2 Å². The molecule has 8 nitrogen and oxygen atoms in total. The maximum atomic E-state index is 13.1. The molecule has 33 heavy (non-hydrogen) atoms. The summed E-state index contributed by atoms with van der Waals surface area (Å²) in [7, 11) is 0. The minimum absolute atomic E-state index is 0.0828. The number of fused-ring (bicyclic) bond motifs is 4. The van der Waals surface area contributed by atoms with E-state index in [2.05, 4.69) is 17.4 Å². The normalized spacial score (nSPS) is 24.0. The Hall–Kier alpha value is -3.39. The second-order valence-corrected chi connectivity index (χ2v) is 8.79. The van der Waals surface area contributed by atoms with E-state index in [4.69, 9.17) is 9.47 Å². The largest absolute Gasteiger partial charge is 0.480 e. The molecule has 4 atom stereocenters. The Morgan fingerprint density at radius 1 is 1.12 bits per heavy atom. The molecule has 3 unspecified atom stereocenters. The number of carboxylic acids is 1. The van der Waals surface area contributed by atoms with Gasteiger partial charge in [-0.25, -0.2) is 9.59 Å². The minimum Gasteiger partial charge on any atom is -0.480 e. The van der Waals surface area contributed by atoms with Gasteiger partial charge < -0.3 is 24.8 Å². The highest BCUT2D eigenvalue weighted by Crippen LogP contribution is 2.44. The monoisotopic (exact) mass is 450 g/mol. The lowest BCUT2D eigenvalue weighted by atomic mass is 9.98. The van der Waals surface area contributed by atoms with E-state index in [1.54, 1.807) is 6.92 Å². The van der Waals surface area contributed by atoms with Crippen LogP contribution in [0.5, 0.6) is 0 Å². The van der Waals surface area contributed by atoms with Crippen molar-refractivity contribution in [3.8, 4) is 11.1 Å². The van der Waals surface area contributed by atoms with Gasteiger partial charge in [0.05, 0.1) is 12.1 Å². The van der Waals surface area contributed by atoms with Gasteiger partial charge in [0.1, 0.15) is 18.7 Å². The number of likely N-dealkylation sites (tertiary alicyclic amines) is 1. The van der Waals surface area contributed by atoms with Crippen LogP contribution < -0.4 is 5.32 Å². The number of aliphatic carboxylic acids is 1. The molecule has 2 fully saturated rings. The predicted molar refractivity (Wildman–Crippen MR) is 119 cm³/mol. The Labute approximate surface area is 191 Å². The lowest BCUT2D eigenvalue weighted by Crippen LogP contribution is -2.53. The second-order valence-electron chi connectivity index (χ2n) is 8.79. The quantitative estimate of drug-likeness (QED) is 0.726. The number of hydrogen-bond acceptors (Lipinski definition) is 5. The van der Waals surface area contributed by atoms with Crippen molar-refractivity contribution in [2.45, 2.75) is 49.9 Å². The van der Waals surface area contributed by atoms with Crippen molar-refractivity contribution >= 4 is 18.0 Å². The molecule has 172 valence electrons. The Balaban J connectivity index is 1.24. The molecule has 2 aliphatic heterocycles. The number of carboxylic acid groups (broad SMARTS) is 1. The molecule has 0 saturated carbocycles. The summed E-state index contributed by atoms with van der Waals surface area (Å²) < 4.78 is 11.1. The number of ether oxygens (including phenoxy) is 2. The van der Waals surface area contributed by atoms with Crippen molar-refractivity contribution in [1.29, 1.82) is 0 Å². The third-order valence-electron chi connectivity index (χ3n) is 6.91. The fourth-order valence-electron chi connectivity index (χ4n) is 5.38. The fraction of sp³-hybridized carbons (Fsp3) is 0.400. The zero-order chi connectivity index (χ0) is 23.1. The van der Waals surface area contributed by atoms with Crippen molar-refractivity contribution in [3.05, 3.63) is 59.7 Å². The van der Waals surface area contributed by atoms with Crippen molar-refractivity contribution in [1.82, 2.24) is 10.2 Å². The molecule has 3 aliphatic rings. The van der Waals surface area contributed by atoms with E-state index in [-0.39, 0.29) is 31.1 Å². The number of amides is 2. The van der Waals surface area contributed by atoms with E-state index in [9.17, 15) is 19.5 Å². The van der Waals surface area contributed by atoms with E-state index in [1.807, 2.05) is 36.4 Å². The molecule has 0 radical (unpaired) electrons. The summed E-state index contributed by atoms with van der Waals surface area (Å²) in [6, 6.07) is 14.0. The molecule has 2 amide bonds. The molecule has 0 bridgehead atoms. The van der Waals surface area contributed by atoms with Gasteiger partial charge in [0.2, 0.25) is 5.91 Å². The van der Waals surface area contributed by atoms with E-state index in [0.29, 0.717) is 13.0 Å². The molecule has 0 spiro atoms. The first-order valence-corrected chi connectivity index (χ1v) is 11.2. The van der Waals surface area contributed by atoms with Crippen LogP contribution in [0, 0.1) is 0 Å². The third-order valence-corrected chi connectivity index (χ3v) is 6.91. The number of nitrogens with one attached hydrogen (secondary N) is 1. The molecule has 5 rings (SSSR count). The van der Waals surface area contributed by atoms with Gasteiger partial charge in [-0.15, -0.1) is 0 Å². The summed E-state index contributed by atoms with van der Waals surface area (Å²) >= 11 is 0. The zero-order valence-electron chi connectivity index (χ0n) is 18.3. The van der Waals surface area contributed by atoms with Crippen LogP contribution in [-0.4, -0.2) is 65.4 Å². The van der Waals surface area contributed by atoms with Crippen LogP contribution in [-0.2, 0) is 19.1 Å². The standard InChI is InChI=1S/C25H26N2O6/c1-14(23(28)27-20-10-11-32-22(20)12-21(27)24(29)30)26-25(31)33-13-19-17-8-4-2-6-15(17)16-7-3-5-9-18(16)19/h2-9,14,19-22H,10-13H2,1H3,(H,26,31)(H,29,30)/t14-,20?,21?,22?/m0/s1. The average molecular weight is 450 g/mol. The topological polar surface area (TPSA) is 105 Å². The van der Waals surface area contributed by atoms with Gasteiger partial charge in [0, 0.05) is 18.9 Å². The van der Waals surface area contributed by atoms with Gasteiger partial charge in [-0.1, -0.05) is 48.5 Å². The smallest absolute Gasteiger partial charge is 0.407 e. The highest BCUT2D eigenvalue weighted by atomic mass is 16.5. The van der Waals surface area contributed by atoms with E-state index >= 15 is 0 Å². The Morgan fingerprint density at radius 2 is 1.76 bits per heavy atom. The van der Waals surface area contributed by atoms with Crippen LogP contribution in [0.25, 0.3) is 11.1 Å². The Morgan fingerprint density at radius 3 is 2.39 bits per heavy atom. The number of carbonyl (C=O) groups excluding carboxylic acids is 2. The number of carbonyl (C=O) groups is 3. The first-order chi connectivity index (χ1) is 16.0. The van der Waals surface area contributed by atoms with Gasteiger partial charge in [0.25, 0.3) is 0 Å². The molecule has 0 aromatic heterocycles. The maximum Gasteiger partial charge on any atom is 0.407 e. The fourth-order valence-corrected chi connectivity index (χ4v) is 5.38. The lowest BCUT2D eigenvalue weighted by molar-refractivity contribution is -0.150. The van der Waals surface area contributed by atoms with Crippen LogP contribution >= 0.6 is 0 Å². The van der Waals surface area contributed by atoms with Gasteiger partial charge in [-0.3, -0.25) is 4.79 Å². The van der Waals surface area contributed by atoms with Crippen molar-refractivity contribution in [2.24, 2.45) is 0 Å². The SMILES string of the molecule is C[C@H](NC(=O)OCC1c2ccccc2-c2ccccc21)C(=O)N1C(C(=O)O)CC2OCCC21. The van der Waals surface area contributed by atoms with E-state index in [1.165, 1.54) is 4.90 Å². The molecule has 2 aromatic rings. The molecule has 2 heterocycles. The molecular formula is C25H26N2O6. The minimum atomic E-state index is -1.06. The summed E-state index contributed by atoms with van der Waals surface area (Å²) in [6.45, 7) is 2.19. The van der Waals surface area contributed by atoms with Gasteiger partial charge >= 0.3 is 12.1 Å². The number of nitrogens with zero attached hydrogens (tertiary/aromatic N) is 1. The number of rotatable bonds is 5. The molecular weight excluding hydrogens is 424 g/mol. The van der Waals surface area contributed by atoms with Gasteiger partial charge in [-0.2, -0.15) is 0 Å². The van der Waals surface area contributed by atoms with Crippen LogP contribution in [0.3, 0.4) is 0 Å². The van der Waals surface area contributed by atoms with Crippen LogP contribution in [0.4, 0.5) is 4.79 Å². The third kappa shape index (κ3) is 3.74. The zero-order valence-corrected chi connectivity index (χ0v) is 18.3. The summed E-state index contributed by atoms with van der Waals surface area (Å²) in [5.74, 6) is -1.58. The van der Waals surface area contributed by atoms with E-state index in [0.717, 1.165) is 22.3 Å². The van der Waals surface area contributed by atoms with Gasteiger partial charge in [-0.05, 0) is 35.6 Å². The number of alkyl carbamates (subject to hydrolysis) is 1. The first-order valence-electron chi connectivity index (χ1n) is 11.2. The average Bonchev–Trinajstić information content (AvgIpc) is 3.49. The lowest BCUT2D eigenvalue weighted by Gasteiger charge is -2.29. The maximum absolute atomic E-state index is 13.1. The Kier molecular flexibility index (Phi) is 5.54. The molecule has 8 heteroatoms. The van der Waals surface area contributed by atoms with Crippen molar-refractivity contribution in [3.63, 3.8) is 0 Å². The second kappa shape index (κ2) is 8.51. The van der Waals surface area contributed by atoms with Crippen LogP contribution in [0.1, 0.15) is 36.8 Å². The predicted octanol–water partition coefficient (Wildman–Crippen LogP) is 2.76. The molecule has 1 aliphatic carbocycles. The summed E-state index contributed by atoms with van der Waals surface area (Å²) in [4.78, 5) is 38.7. The molecule has 2 N–H and O–H groups in total. The van der Waals surface area contributed by atoms with E-state index < -0.39 is 30.1 Å². The summed E-state index contributed by atoms with van der Waals surface area (Å²) in [5, 5.41) is 12.1. The number of benzene rings is 2. The van der Waals surface area contributed by atoms with Gasteiger partial charge in [0.15, 0.2) is 0 Å².